The van der Waals surface area contributed by atoms with E-state index in [1.807, 2.05) is 13.0 Å². The molecule has 0 fully saturated rings. The van der Waals surface area contributed by atoms with Crippen molar-refractivity contribution in [3.63, 3.8) is 0 Å². The van der Waals surface area contributed by atoms with Gasteiger partial charge in [0.15, 0.2) is 5.16 Å². The van der Waals surface area contributed by atoms with Crippen molar-refractivity contribution in [2.75, 3.05) is 17.7 Å². The number of ether oxygens (including phenoxy) is 1. The molecule has 1 heterocycles. The van der Waals surface area contributed by atoms with Crippen molar-refractivity contribution in [2.45, 2.75) is 69.0 Å². The molecule has 4 rings (SSSR count). The Morgan fingerprint density at radius 2 is 1.86 bits per heavy atom. The minimum atomic E-state index is -4.11. The Labute approximate surface area is 251 Å². The van der Waals surface area contributed by atoms with E-state index in [-0.39, 0.29) is 33.1 Å². The average Bonchev–Trinajstić information content (AvgIpc) is 3.37. The first kappa shape index (κ1) is 31.9. The van der Waals surface area contributed by atoms with Crippen LogP contribution < -0.4 is 10.0 Å². The van der Waals surface area contributed by atoms with E-state index in [9.17, 15) is 26.8 Å². The van der Waals surface area contributed by atoms with Gasteiger partial charge in [-0.2, -0.15) is 4.72 Å². The molecule has 10 nitrogen and oxygen atoms in total. The number of rotatable bonds is 11. The van der Waals surface area contributed by atoms with Crippen molar-refractivity contribution in [3.8, 4) is 5.69 Å². The zero-order valence-electron chi connectivity index (χ0n) is 23.1. The van der Waals surface area contributed by atoms with Crippen molar-refractivity contribution < 1.29 is 31.5 Å². The minimum absolute atomic E-state index is 0.0607. The summed E-state index contributed by atoms with van der Waals surface area (Å²) in [5.41, 5.74) is 3.97. The highest BCUT2D eigenvalue weighted by Gasteiger charge is 2.27. The van der Waals surface area contributed by atoms with Crippen LogP contribution in [0.25, 0.3) is 5.69 Å². The second kappa shape index (κ2) is 13.5. The van der Waals surface area contributed by atoms with Gasteiger partial charge >= 0.3 is 5.97 Å². The number of aromatic nitrogens is 3. The Hall–Kier alpha value is -3.07. The van der Waals surface area contributed by atoms with Crippen LogP contribution in [0.15, 0.2) is 40.4 Å². The fourth-order valence-corrected chi connectivity index (χ4v) is 6.94. The summed E-state index contributed by atoms with van der Waals surface area (Å²) < 4.78 is 61.5. The van der Waals surface area contributed by atoms with Gasteiger partial charge in [0, 0.05) is 0 Å². The Kier molecular flexibility index (Phi) is 10.2. The SMILES string of the molecule is CCOC(=O)C(C)NS(=O)(=O)c1ccc(NC(=O)CSc2nnc(C(F)F)n2-c2ccc(C)c3c2CCCC3)c(Cl)c1. The number of nitrogens with zero attached hydrogens (tertiary/aromatic N) is 3. The molecule has 1 amide bonds. The number of aryl methyl sites for hydroxylation is 1. The van der Waals surface area contributed by atoms with Crippen molar-refractivity contribution >= 4 is 50.9 Å². The van der Waals surface area contributed by atoms with E-state index in [1.54, 1.807) is 13.0 Å². The summed E-state index contributed by atoms with van der Waals surface area (Å²) in [6, 6.07) is 6.23. The molecule has 0 aliphatic heterocycles. The predicted octanol–water partition coefficient (Wildman–Crippen LogP) is 5.01. The summed E-state index contributed by atoms with van der Waals surface area (Å²) in [5, 5.41) is 10.3. The lowest BCUT2D eigenvalue weighted by Crippen LogP contribution is -2.39. The number of hydrogen-bond donors (Lipinski definition) is 2. The molecule has 226 valence electrons. The summed E-state index contributed by atoms with van der Waals surface area (Å²) in [6.07, 6.45) is 0.723. The molecule has 1 aliphatic carbocycles. The largest absolute Gasteiger partial charge is 0.465 e. The van der Waals surface area contributed by atoms with Gasteiger partial charge in [-0.15, -0.1) is 10.2 Å². The quantitative estimate of drug-likeness (QED) is 0.221. The monoisotopic (exact) mass is 641 g/mol. The number of carbonyl (C=O) groups is 2. The van der Waals surface area contributed by atoms with Crippen LogP contribution in [-0.2, 0) is 37.2 Å². The summed E-state index contributed by atoms with van der Waals surface area (Å²) in [6.45, 7) is 5.05. The van der Waals surface area contributed by atoms with Crippen LogP contribution in [-0.4, -0.2) is 53.5 Å². The number of esters is 1. The number of benzene rings is 2. The molecule has 2 N–H and O–H groups in total. The van der Waals surface area contributed by atoms with Gasteiger partial charge in [-0.3, -0.25) is 14.2 Å². The molecule has 0 spiro atoms. The summed E-state index contributed by atoms with van der Waals surface area (Å²) in [5.74, 6) is -1.96. The third kappa shape index (κ3) is 7.10. The number of halogens is 3. The van der Waals surface area contributed by atoms with Gasteiger partial charge in [-0.1, -0.05) is 29.4 Å². The Morgan fingerprint density at radius 1 is 1.14 bits per heavy atom. The predicted molar refractivity (Wildman–Crippen MR) is 155 cm³/mol. The second-order valence-corrected chi connectivity index (χ2v) is 12.7. The third-order valence-electron chi connectivity index (χ3n) is 6.67. The average molecular weight is 642 g/mol. The first-order valence-electron chi connectivity index (χ1n) is 13.2. The van der Waals surface area contributed by atoms with E-state index in [1.165, 1.54) is 23.6 Å². The number of anilines is 1. The van der Waals surface area contributed by atoms with E-state index < -0.39 is 40.2 Å². The van der Waals surface area contributed by atoms with Crippen LogP contribution in [0.1, 0.15) is 55.6 Å². The van der Waals surface area contributed by atoms with E-state index >= 15 is 0 Å². The first-order chi connectivity index (χ1) is 19.9. The Bertz CT molecular complexity index is 1600. The highest BCUT2D eigenvalue weighted by atomic mass is 35.5. The van der Waals surface area contributed by atoms with Gasteiger partial charge in [0.05, 0.1) is 33.7 Å². The standard InChI is InChI=1S/C27H30ClF2N5O5S2/c1-4-40-26(37)16(3)34-42(38,39)17-10-11-21(20(28)13-17)31-23(36)14-41-27-33-32-25(24(29)30)35(27)22-12-9-15(2)18-7-5-6-8-19(18)22/h9-13,16,24,34H,4-8,14H2,1-3H3,(H,31,36). The highest BCUT2D eigenvalue weighted by molar-refractivity contribution is 7.99. The number of carbonyl (C=O) groups excluding carboxylic acids is 2. The normalized spacial score (nSPS) is 14.0. The molecule has 0 radical (unpaired) electrons. The molecule has 0 bridgehead atoms. The molecule has 15 heteroatoms. The third-order valence-corrected chi connectivity index (χ3v) is 9.45. The lowest BCUT2D eigenvalue weighted by Gasteiger charge is -2.23. The molecule has 0 saturated heterocycles. The second-order valence-electron chi connectivity index (χ2n) is 9.62. The lowest BCUT2D eigenvalue weighted by molar-refractivity contribution is -0.144. The topological polar surface area (TPSA) is 132 Å². The minimum Gasteiger partial charge on any atom is -0.465 e. The number of hydrogen-bond acceptors (Lipinski definition) is 8. The zero-order valence-corrected chi connectivity index (χ0v) is 25.5. The van der Waals surface area contributed by atoms with Gasteiger partial charge in [0.1, 0.15) is 6.04 Å². The number of amides is 1. The van der Waals surface area contributed by atoms with E-state index in [0.717, 1.165) is 60.2 Å². The molecule has 1 aromatic heterocycles. The number of sulfonamides is 1. The van der Waals surface area contributed by atoms with E-state index in [4.69, 9.17) is 16.3 Å². The first-order valence-corrected chi connectivity index (χ1v) is 16.0. The van der Waals surface area contributed by atoms with Crippen LogP contribution >= 0.6 is 23.4 Å². The molecular formula is C27H30ClF2N5O5S2. The van der Waals surface area contributed by atoms with Gasteiger partial charge in [-0.25, -0.2) is 17.2 Å². The maximum atomic E-state index is 13.9. The maximum absolute atomic E-state index is 13.9. The van der Waals surface area contributed by atoms with Gasteiger partial charge in [0.25, 0.3) is 6.43 Å². The van der Waals surface area contributed by atoms with Gasteiger partial charge in [0.2, 0.25) is 21.8 Å². The molecule has 2 aromatic carbocycles. The molecule has 1 unspecified atom stereocenters. The molecule has 1 aliphatic rings. The van der Waals surface area contributed by atoms with Gasteiger partial charge < -0.3 is 10.1 Å². The smallest absolute Gasteiger partial charge is 0.323 e. The van der Waals surface area contributed by atoms with Crippen molar-refractivity contribution in [1.82, 2.24) is 19.5 Å². The number of alkyl halides is 2. The van der Waals surface area contributed by atoms with Crippen molar-refractivity contribution in [3.05, 3.63) is 57.9 Å². The van der Waals surface area contributed by atoms with Crippen LogP contribution in [0.4, 0.5) is 14.5 Å². The molecular weight excluding hydrogens is 612 g/mol. The van der Waals surface area contributed by atoms with Crippen molar-refractivity contribution in [2.24, 2.45) is 0 Å². The maximum Gasteiger partial charge on any atom is 0.323 e. The lowest BCUT2D eigenvalue weighted by atomic mass is 9.87. The molecule has 42 heavy (non-hydrogen) atoms. The van der Waals surface area contributed by atoms with Crippen LogP contribution in [0, 0.1) is 6.92 Å². The Balaban J connectivity index is 1.49. The number of fused-ring (bicyclic) bond motifs is 1. The molecule has 3 aromatic rings. The molecule has 1 atom stereocenters. The van der Waals surface area contributed by atoms with Crippen molar-refractivity contribution in [1.29, 1.82) is 0 Å². The highest BCUT2D eigenvalue weighted by Crippen LogP contribution is 2.34. The van der Waals surface area contributed by atoms with E-state index in [2.05, 4.69) is 20.2 Å². The zero-order chi connectivity index (χ0) is 30.6. The van der Waals surface area contributed by atoms with Crippen LogP contribution in [0.5, 0.6) is 0 Å². The summed E-state index contributed by atoms with van der Waals surface area (Å²) in [4.78, 5) is 24.4. The van der Waals surface area contributed by atoms with Gasteiger partial charge in [-0.05, 0) is 87.4 Å². The summed E-state index contributed by atoms with van der Waals surface area (Å²) in [7, 11) is -4.11. The molecule has 0 saturated carbocycles. The van der Waals surface area contributed by atoms with Crippen LogP contribution in [0.3, 0.4) is 0 Å². The number of thioether (sulfide) groups is 1. The fourth-order valence-electron chi connectivity index (χ4n) is 4.68. The summed E-state index contributed by atoms with van der Waals surface area (Å²) >= 11 is 7.19. The fraction of sp³-hybridized carbons (Fsp3) is 0.407. The van der Waals surface area contributed by atoms with Crippen LogP contribution in [0.2, 0.25) is 5.02 Å². The Morgan fingerprint density at radius 3 is 2.52 bits per heavy atom. The number of nitrogens with one attached hydrogen (secondary N) is 2. The van der Waals surface area contributed by atoms with E-state index in [0.29, 0.717) is 5.69 Å².